The Morgan fingerprint density at radius 3 is 2.31 bits per heavy atom. The van der Waals surface area contributed by atoms with Gasteiger partial charge in [-0.2, -0.15) is 5.10 Å². The number of rotatable bonds is 2. The quantitative estimate of drug-likeness (QED) is 0.486. The number of nitrogens with two attached hydrogens (primary N) is 1. The van der Waals surface area contributed by atoms with Gasteiger partial charge in [0, 0.05) is 0 Å². The lowest BCUT2D eigenvalue weighted by atomic mass is 10.1. The third-order valence-electron chi connectivity index (χ3n) is 1.97. The highest BCUT2D eigenvalue weighted by molar-refractivity contribution is 7.80. The lowest BCUT2D eigenvalue weighted by Gasteiger charge is -2.31. The molecule has 0 saturated heterocycles. The van der Waals surface area contributed by atoms with Crippen LogP contribution in [0.4, 0.5) is 0 Å². The van der Waals surface area contributed by atoms with E-state index in [1.54, 1.807) is 11.2 Å². The molecule has 0 unspecified atom stereocenters. The van der Waals surface area contributed by atoms with Crippen LogP contribution in [0, 0.1) is 0 Å². The largest absolute Gasteiger partial charge is 0.375 e. The molecule has 1 aromatic rings. The SMILES string of the molecule is CC(C)(C)N(N=Cc1ccccc1)C(N)=S. The molecular weight excluding hydrogens is 218 g/mol. The molecule has 0 bridgehead atoms. The Bertz CT molecular complexity index is 379. The Labute approximate surface area is 102 Å². The summed E-state index contributed by atoms with van der Waals surface area (Å²) >= 11 is 4.97. The van der Waals surface area contributed by atoms with Gasteiger partial charge < -0.3 is 5.73 Å². The van der Waals surface area contributed by atoms with Crippen molar-refractivity contribution in [1.82, 2.24) is 5.01 Å². The van der Waals surface area contributed by atoms with E-state index < -0.39 is 0 Å². The molecule has 0 radical (unpaired) electrons. The normalized spacial score (nSPS) is 11.7. The first-order valence-electron chi connectivity index (χ1n) is 5.10. The van der Waals surface area contributed by atoms with Gasteiger partial charge in [-0.3, -0.25) is 0 Å². The second-order valence-electron chi connectivity index (χ2n) is 4.48. The maximum atomic E-state index is 5.63. The fourth-order valence-electron chi connectivity index (χ4n) is 1.22. The van der Waals surface area contributed by atoms with Crippen LogP contribution in [0.15, 0.2) is 35.4 Å². The smallest absolute Gasteiger partial charge is 0.187 e. The molecule has 0 saturated carbocycles. The first kappa shape index (κ1) is 12.6. The van der Waals surface area contributed by atoms with Crippen LogP contribution in [0.3, 0.4) is 0 Å². The summed E-state index contributed by atoms with van der Waals surface area (Å²) in [5.41, 5.74) is 6.44. The Morgan fingerprint density at radius 2 is 1.88 bits per heavy atom. The Hall–Kier alpha value is -1.42. The van der Waals surface area contributed by atoms with Gasteiger partial charge in [-0.15, -0.1) is 0 Å². The van der Waals surface area contributed by atoms with Gasteiger partial charge in [0.25, 0.3) is 0 Å². The van der Waals surface area contributed by atoms with E-state index in [0.717, 1.165) is 5.56 Å². The zero-order valence-electron chi connectivity index (χ0n) is 9.84. The van der Waals surface area contributed by atoms with Crippen molar-refractivity contribution in [3.8, 4) is 0 Å². The second-order valence-corrected chi connectivity index (χ2v) is 4.89. The minimum absolute atomic E-state index is 0.211. The fourth-order valence-corrected chi connectivity index (χ4v) is 1.55. The van der Waals surface area contributed by atoms with E-state index in [0.29, 0.717) is 0 Å². The van der Waals surface area contributed by atoms with Crippen molar-refractivity contribution in [1.29, 1.82) is 0 Å². The van der Waals surface area contributed by atoms with Crippen LogP contribution >= 0.6 is 12.2 Å². The van der Waals surface area contributed by atoms with Crippen molar-refractivity contribution < 1.29 is 0 Å². The van der Waals surface area contributed by atoms with Crippen molar-refractivity contribution >= 4 is 23.5 Å². The monoisotopic (exact) mass is 235 g/mol. The van der Waals surface area contributed by atoms with Crippen LogP contribution in [0.25, 0.3) is 0 Å². The summed E-state index contributed by atoms with van der Waals surface area (Å²) in [5.74, 6) is 0. The van der Waals surface area contributed by atoms with E-state index in [1.807, 2.05) is 51.1 Å². The molecule has 1 rings (SSSR count). The summed E-state index contributed by atoms with van der Waals surface area (Å²) in [6.07, 6.45) is 1.75. The zero-order valence-corrected chi connectivity index (χ0v) is 10.7. The summed E-state index contributed by atoms with van der Waals surface area (Å²) in [6.45, 7) is 6.03. The van der Waals surface area contributed by atoms with Gasteiger partial charge in [0.15, 0.2) is 5.11 Å². The maximum absolute atomic E-state index is 5.63. The van der Waals surface area contributed by atoms with Crippen molar-refractivity contribution in [3.63, 3.8) is 0 Å². The number of benzene rings is 1. The lowest BCUT2D eigenvalue weighted by Crippen LogP contribution is -2.44. The number of hydrazone groups is 1. The molecule has 0 atom stereocenters. The van der Waals surface area contributed by atoms with Gasteiger partial charge in [0.2, 0.25) is 0 Å². The van der Waals surface area contributed by atoms with Crippen molar-refractivity contribution in [2.24, 2.45) is 10.8 Å². The topological polar surface area (TPSA) is 41.6 Å². The Morgan fingerprint density at radius 1 is 1.31 bits per heavy atom. The van der Waals surface area contributed by atoms with E-state index >= 15 is 0 Å². The summed E-state index contributed by atoms with van der Waals surface area (Å²) in [7, 11) is 0. The number of hydrogen-bond donors (Lipinski definition) is 1. The predicted molar refractivity (Wildman–Crippen MR) is 72.4 cm³/mol. The van der Waals surface area contributed by atoms with Gasteiger partial charge in [-0.1, -0.05) is 30.3 Å². The highest BCUT2D eigenvalue weighted by Crippen LogP contribution is 2.13. The maximum Gasteiger partial charge on any atom is 0.187 e. The van der Waals surface area contributed by atoms with E-state index in [9.17, 15) is 0 Å². The molecule has 0 fully saturated rings. The lowest BCUT2D eigenvalue weighted by molar-refractivity contribution is 0.250. The molecule has 0 heterocycles. The van der Waals surface area contributed by atoms with Gasteiger partial charge >= 0.3 is 0 Å². The predicted octanol–water partition coefficient (Wildman–Crippen LogP) is 2.36. The van der Waals surface area contributed by atoms with Gasteiger partial charge in [-0.25, -0.2) is 5.01 Å². The number of nitrogens with zero attached hydrogens (tertiary/aromatic N) is 2. The van der Waals surface area contributed by atoms with Crippen molar-refractivity contribution in [2.75, 3.05) is 0 Å². The third kappa shape index (κ3) is 3.62. The van der Waals surface area contributed by atoms with Crippen LogP contribution in [0.1, 0.15) is 26.3 Å². The summed E-state index contributed by atoms with van der Waals surface area (Å²) in [6, 6.07) is 9.84. The van der Waals surface area contributed by atoms with Crippen LogP contribution in [0.5, 0.6) is 0 Å². The standard InChI is InChI=1S/C12H17N3S/c1-12(2,3)15(11(13)16)14-9-10-7-5-4-6-8-10/h4-9H,1-3H3,(H2,13,16). The molecule has 0 aromatic heterocycles. The van der Waals surface area contributed by atoms with Gasteiger partial charge in [0.1, 0.15) is 0 Å². The number of hydrogen-bond acceptors (Lipinski definition) is 2. The first-order valence-corrected chi connectivity index (χ1v) is 5.51. The van der Waals surface area contributed by atoms with Crippen molar-refractivity contribution in [3.05, 3.63) is 35.9 Å². The highest BCUT2D eigenvalue weighted by Gasteiger charge is 2.21. The molecule has 86 valence electrons. The zero-order chi connectivity index (χ0) is 12.2. The van der Waals surface area contributed by atoms with E-state index in [2.05, 4.69) is 5.10 Å². The molecule has 0 aliphatic heterocycles. The van der Waals surface area contributed by atoms with Crippen LogP contribution in [-0.4, -0.2) is 21.9 Å². The van der Waals surface area contributed by atoms with Crippen LogP contribution < -0.4 is 5.73 Å². The molecule has 16 heavy (non-hydrogen) atoms. The minimum Gasteiger partial charge on any atom is -0.375 e. The van der Waals surface area contributed by atoms with E-state index in [-0.39, 0.29) is 10.7 Å². The molecule has 2 N–H and O–H groups in total. The molecule has 1 aromatic carbocycles. The second kappa shape index (κ2) is 5.07. The average Bonchev–Trinajstić information content (AvgIpc) is 2.17. The van der Waals surface area contributed by atoms with Gasteiger partial charge in [0.05, 0.1) is 11.8 Å². The fraction of sp³-hybridized carbons (Fsp3) is 0.333. The molecule has 0 spiro atoms. The molecule has 0 aliphatic rings. The van der Waals surface area contributed by atoms with E-state index in [4.69, 9.17) is 18.0 Å². The van der Waals surface area contributed by atoms with Crippen LogP contribution in [0.2, 0.25) is 0 Å². The first-order chi connectivity index (χ1) is 7.41. The van der Waals surface area contributed by atoms with Gasteiger partial charge in [-0.05, 0) is 38.6 Å². The third-order valence-corrected chi connectivity index (χ3v) is 2.14. The van der Waals surface area contributed by atoms with Crippen LogP contribution in [-0.2, 0) is 0 Å². The van der Waals surface area contributed by atoms with Crippen molar-refractivity contribution in [2.45, 2.75) is 26.3 Å². The van der Waals surface area contributed by atoms with E-state index in [1.165, 1.54) is 0 Å². The average molecular weight is 235 g/mol. The summed E-state index contributed by atoms with van der Waals surface area (Å²) < 4.78 is 0. The Kier molecular flexibility index (Phi) is 4.01. The molecule has 4 heteroatoms. The minimum atomic E-state index is -0.211. The summed E-state index contributed by atoms with van der Waals surface area (Å²) in [4.78, 5) is 0. The molecule has 3 nitrogen and oxygen atoms in total. The highest BCUT2D eigenvalue weighted by atomic mass is 32.1. The number of thiocarbonyl (C=S) groups is 1. The molecular formula is C12H17N3S. The molecule has 0 aliphatic carbocycles. The molecule has 0 amide bonds. The Balaban J connectivity index is 2.85. The summed E-state index contributed by atoms with van der Waals surface area (Å²) in [5, 5.41) is 6.22.